The summed E-state index contributed by atoms with van der Waals surface area (Å²) in [6, 6.07) is 0. The fourth-order valence-corrected chi connectivity index (χ4v) is 4.34. The number of hydrogen-bond donors (Lipinski definition) is 2. The van der Waals surface area contributed by atoms with Crippen molar-refractivity contribution in [2.24, 2.45) is 5.92 Å². The van der Waals surface area contributed by atoms with Crippen molar-refractivity contribution in [1.82, 2.24) is 10.8 Å². The third kappa shape index (κ3) is 4.02. The Kier molecular flexibility index (Phi) is 5.77. The number of nitrogens with one attached hydrogen (secondary N) is 2. The Morgan fingerprint density at radius 2 is 1.36 bits per heavy atom. The molecule has 4 heteroatoms. The molecule has 1 atom stereocenters. The van der Waals surface area contributed by atoms with Crippen molar-refractivity contribution < 1.29 is 9.57 Å². The van der Waals surface area contributed by atoms with Crippen molar-refractivity contribution in [2.75, 3.05) is 13.1 Å². The number of hydrogen-bond acceptors (Lipinski definition) is 4. The van der Waals surface area contributed by atoms with Gasteiger partial charge in [0, 0.05) is 31.8 Å². The van der Waals surface area contributed by atoms with Gasteiger partial charge in [-0.25, -0.2) is 0 Å². The molecule has 0 bridgehead atoms. The highest BCUT2D eigenvalue weighted by Crippen LogP contribution is 2.41. The molecule has 1 unspecified atom stereocenters. The molecule has 1 spiro atoms. The van der Waals surface area contributed by atoms with E-state index >= 15 is 0 Å². The minimum Gasteiger partial charge on any atom is -0.325 e. The summed E-state index contributed by atoms with van der Waals surface area (Å²) in [7, 11) is 0. The van der Waals surface area contributed by atoms with Gasteiger partial charge >= 0.3 is 0 Å². The smallest absolute Gasteiger partial charge is 0.192 e. The molecular formula is C18H34N2O2. The van der Waals surface area contributed by atoms with E-state index in [-0.39, 0.29) is 11.5 Å². The van der Waals surface area contributed by atoms with Gasteiger partial charge in [-0.2, -0.15) is 5.48 Å². The maximum Gasteiger partial charge on any atom is 0.192 e. The molecule has 4 nitrogen and oxygen atoms in total. The molecule has 2 N–H and O–H groups in total. The first kappa shape index (κ1) is 16.7. The highest BCUT2D eigenvalue weighted by Gasteiger charge is 2.51. The van der Waals surface area contributed by atoms with Gasteiger partial charge in [-0.15, -0.1) is 0 Å². The Morgan fingerprint density at radius 3 is 1.95 bits per heavy atom. The van der Waals surface area contributed by atoms with Crippen LogP contribution >= 0.6 is 0 Å². The van der Waals surface area contributed by atoms with E-state index in [9.17, 15) is 0 Å². The van der Waals surface area contributed by atoms with Crippen LogP contribution in [0.4, 0.5) is 0 Å². The van der Waals surface area contributed by atoms with Crippen LogP contribution in [0.1, 0.15) is 84.0 Å². The average molecular weight is 310 g/mol. The van der Waals surface area contributed by atoms with Gasteiger partial charge in [0.1, 0.15) is 5.72 Å². The Labute approximate surface area is 135 Å². The predicted octanol–water partition coefficient (Wildman–Crippen LogP) is 3.86. The highest BCUT2D eigenvalue weighted by atomic mass is 16.9. The molecule has 0 radical (unpaired) electrons. The van der Waals surface area contributed by atoms with E-state index in [0.29, 0.717) is 5.92 Å². The third-order valence-corrected chi connectivity index (χ3v) is 5.84. The second-order valence-electron chi connectivity index (χ2n) is 7.68. The summed E-state index contributed by atoms with van der Waals surface area (Å²) in [6.07, 6.45) is 15.5. The lowest BCUT2D eigenvalue weighted by Crippen LogP contribution is -2.47. The van der Waals surface area contributed by atoms with Gasteiger partial charge in [-0.3, -0.25) is 4.84 Å². The Morgan fingerprint density at radius 1 is 0.818 bits per heavy atom. The van der Waals surface area contributed by atoms with Gasteiger partial charge in [0.25, 0.3) is 0 Å². The second-order valence-corrected chi connectivity index (χ2v) is 7.68. The molecule has 128 valence electrons. The van der Waals surface area contributed by atoms with E-state index in [2.05, 4.69) is 17.7 Å². The molecule has 2 heterocycles. The number of piperidine rings is 1. The summed E-state index contributed by atoms with van der Waals surface area (Å²) in [6.45, 7) is 4.19. The molecule has 1 saturated carbocycles. The van der Waals surface area contributed by atoms with Crippen LogP contribution in [0.3, 0.4) is 0 Å². The SMILES string of the molecule is CC1(C2CCCCCCCCCC2)NOC2(CCNCC2)O1. The molecule has 2 saturated heterocycles. The van der Waals surface area contributed by atoms with Crippen molar-refractivity contribution in [3.8, 4) is 0 Å². The quantitative estimate of drug-likeness (QED) is 0.771. The van der Waals surface area contributed by atoms with Gasteiger partial charge in [0.05, 0.1) is 0 Å². The van der Waals surface area contributed by atoms with Crippen LogP contribution in [0.2, 0.25) is 0 Å². The lowest BCUT2D eigenvalue weighted by Gasteiger charge is -2.36. The molecule has 3 rings (SSSR count). The molecule has 1 aliphatic carbocycles. The molecule has 0 aromatic carbocycles. The Balaban J connectivity index is 1.61. The van der Waals surface area contributed by atoms with Gasteiger partial charge in [-0.1, -0.05) is 51.4 Å². The number of ether oxygens (including phenoxy) is 1. The first-order valence-electron chi connectivity index (χ1n) is 9.59. The van der Waals surface area contributed by atoms with Gasteiger partial charge < -0.3 is 10.1 Å². The third-order valence-electron chi connectivity index (χ3n) is 5.84. The normalized spacial score (nSPS) is 35.3. The summed E-state index contributed by atoms with van der Waals surface area (Å²) in [5, 5.41) is 3.40. The van der Waals surface area contributed by atoms with Gasteiger partial charge in [0.15, 0.2) is 5.79 Å². The van der Waals surface area contributed by atoms with Gasteiger partial charge in [0.2, 0.25) is 0 Å². The van der Waals surface area contributed by atoms with Crippen molar-refractivity contribution in [1.29, 1.82) is 0 Å². The van der Waals surface area contributed by atoms with Crippen molar-refractivity contribution in [3.63, 3.8) is 0 Å². The van der Waals surface area contributed by atoms with Crippen LogP contribution in [0.5, 0.6) is 0 Å². The summed E-state index contributed by atoms with van der Waals surface area (Å²) in [4.78, 5) is 5.99. The van der Waals surface area contributed by atoms with Crippen molar-refractivity contribution in [2.45, 2.75) is 95.5 Å². The van der Waals surface area contributed by atoms with E-state index in [4.69, 9.17) is 9.57 Å². The monoisotopic (exact) mass is 310 g/mol. The van der Waals surface area contributed by atoms with E-state index in [1.165, 1.54) is 64.2 Å². The first-order chi connectivity index (χ1) is 10.7. The zero-order valence-corrected chi connectivity index (χ0v) is 14.3. The van der Waals surface area contributed by atoms with E-state index in [0.717, 1.165) is 25.9 Å². The Bertz CT molecular complexity index is 332. The summed E-state index contributed by atoms with van der Waals surface area (Å²) >= 11 is 0. The van der Waals surface area contributed by atoms with Crippen LogP contribution in [-0.4, -0.2) is 24.6 Å². The molecular weight excluding hydrogens is 276 g/mol. The number of hydroxylamine groups is 1. The van der Waals surface area contributed by atoms with Crippen molar-refractivity contribution in [3.05, 3.63) is 0 Å². The fraction of sp³-hybridized carbons (Fsp3) is 1.00. The lowest BCUT2D eigenvalue weighted by atomic mass is 9.86. The summed E-state index contributed by atoms with van der Waals surface area (Å²) < 4.78 is 6.54. The van der Waals surface area contributed by atoms with Crippen molar-refractivity contribution >= 4 is 0 Å². The lowest BCUT2D eigenvalue weighted by molar-refractivity contribution is -0.210. The van der Waals surface area contributed by atoms with Crippen LogP contribution < -0.4 is 10.8 Å². The van der Waals surface area contributed by atoms with Crippen LogP contribution in [0, 0.1) is 5.92 Å². The average Bonchev–Trinajstić information content (AvgIpc) is 2.82. The minimum absolute atomic E-state index is 0.300. The molecule has 22 heavy (non-hydrogen) atoms. The minimum atomic E-state index is -0.383. The van der Waals surface area contributed by atoms with Gasteiger partial charge in [-0.05, 0) is 19.8 Å². The standard InChI is InChI=1S/C18H34N2O2/c1-17(20-22-18(21-17)12-14-19-15-13-18)16-10-8-6-4-2-3-5-7-9-11-16/h16,19-20H,2-15H2,1H3. The Hall–Kier alpha value is -0.160. The maximum atomic E-state index is 6.54. The second kappa shape index (κ2) is 7.61. The summed E-state index contributed by atoms with van der Waals surface area (Å²) in [5.41, 5.74) is 3.01. The fourth-order valence-electron chi connectivity index (χ4n) is 4.34. The zero-order valence-electron chi connectivity index (χ0n) is 14.3. The van der Waals surface area contributed by atoms with E-state index in [1.807, 2.05) is 0 Å². The van der Waals surface area contributed by atoms with E-state index < -0.39 is 0 Å². The summed E-state index contributed by atoms with van der Waals surface area (Å²) in [5.74, 6) is 0.187. The zero-order chi connectivity index (χ0) is 15.3. The topological polar surface area (TPSA) is 42.5 Å². The van der Waals surface area contributed by atoms with Crippen LogP contribution in [0.25, 0.3) is 0 Å². The van der Waals surface area contributed by atoms with Crippen LogP contribution in [0.15, 0.2) is 0 Å². The largest absolute Gasteiger partial charge is 0.325 e. The van der Waals surface area contributed by atoms with E-state index in [1.54, 1.807) is 0 Å². The molecule has 0 aromatic heterocycles. The van der Waals surface area contributed by atoms with Crippen LogP contribution in [-0.2, 0) is 9.57 Å². The molecule has 2 aliphatic heterocycles. The number of rotatable bonds is 1. The molecule has 0 aromatic rings. The first-order valence-corrected chi connectivity index (χ1v) is 9.59. The molecule has 3 aliphatic rings. The predicted molar refractivity (Wildman–Crippen MR) is 88.2 cm³/mol. The maximum absolute atomic E-state index is 6.54. The molecule has 3 fully saturated rings. The molecule has 0 amide bonds. The highest BCUT2D eigenvalue weighted by molar-refractivity contribution is 4.90.